The Bertz CT molecular complexity index is 685. The molecule has 0 bridgehead atoms. The molecule has 1 aromatic heterocycles. The minimum absolute atomic E-state index is 0.175. The van der Waals surface area contributed by atoms with E-state index in [1.54, 1.807) is 6.20 Å². The number of non-ortho nitro benzene ring substituents is 1. The van der Waals surface area contributed by atoms with E-state index >= 15 is 0 Å². The van der Waals surface area contributed by atoms with Crippen molar-refractivity contribution in [1.29, 1.82) is 0 Å². The van der Waals surface area contributed by atoms with Crippen LogP contribution in [0.2, 0.25) is 0 Å². The van der Waals surface area contributed by atoms with Crippen LogP contribution in [0.1, 0.15) is 15.4 Å². The Morgan fingerprint density at radius 2 is 2.14 bits per heavy atom. The van der Waals surface area contributed by atoms with E-state index in [2.05, 4.69) is 10.3 Å². The maximum absolute atomic E-state index is 13.0. The number of nitro benzene ring substituents is 1. The Hall–Kier alpha value is -2.16. The lowest BCUT2D eigenvalue weighted by Crippen LogP contribution is -2.13. The van der Waals surface area contributed by atoms with Crippen LogP contribution in [0.3, 0.4) is 0 Å². The molecule has 22 heavy (non-hydrogen) atoms. The van der Waals surface area contributed by atoms with Gasteiger partial charge >= 0.3 is 6.18 Å². The molecule has 0 aliphatic carbocycles. The molecule has 2 aromatic rings. The fraction of sp³-hybridized carbons (Fsp3) is 0.308. The number of aromatic nitrogens is 1. The van der Waals surface area contributed by atoms with Gasteiger partial charge in [0.05, 0.1) is 15.5 Å². The van der Waals surface area contributed by atoms with Crippen LogP contribution < -0.4 is 5.32 Å². The molecule has 1 aromatic carbocycles. The van der Waals surface area contributed by atoms with E-state index in [4.69, 9.17) is 0 Å². The molecular weight excluding hydrogens is 319 g/mol. The van der Waals surface area contributed by atoms with Gasteiger partial charge in [-0.1, -0.05) is 0 Å². The Balaban J connectivity index is 2.14. The summed E-state index contributed by atoms with van der Waals surface area (Å²) in [5, 5.41) is 14.1. The molecule has 1 heterocycles. The molecule has 5 nitrogen and oxygen atoms in total. The number of anilines is 1. The molecule has 0 unspecified atom stereocenters. The maximum Gasteiger partial charge on any atom is 0.418 e. The number of hydrogen-bond acceptors (Lipinski definition) is 5. The Kier molecular flexibility index (Phi) is 4.65. The van der Waals surface area contributed by atoms with Crippen molar-refractivity contribution in [1.82, 2.24) is 4.98 Å². The van der Waals surface area contributed by atoms with E-state index in [0.717, 1.165) is 22.0 Å². The molecule has 0 fully saturated rings. The number of nitrogens with one attached hydrogen (secondary N) is 1. The topological polar surface area (TPSA) is 68.1 Å². The molecule has 0 amide bonds. The van der Waals surface area contributed by atoms with Gasteiger partial charge in [0.1, 0.15) is 0 Å². The third-order valence-electron chi connectivity index (χ3n) is 2.84. The van der Waals surface area contributed by atoms with E-state index in [-0.39, 0.29) is 12.2 Å². The van der Waals surface area contributed by atoms with Gasteiger partial charge in [-0.15, -0.1) is 11.3 Å². The highest BCUT2D eigenvalue weighted by molar-refractivity contribution is 7.11. The van der Waals surface area contributed by atoms with Crippen molar-refractivity contribution in [3.63, 3.8) is 0 Å². The molecule has 9 heteroatoms. The largest absolute Gasteiger partial charge is 0.418 e. The summed E-state index contributed by atoms with van der Waals surface area (Å²) in [7, 11) is 0. The Labute approximate surface area is 128 Å². The van der Waals surface area contributed by atoms with E-state index < -0.39 is 22.4 Å². The first-order valence-corrected chi connectivity index (χ1v) is 7.10. The monoisotopic (exact) mass is 331 g/mol. The second-order valence-corrected chi connectivity index (χ2v) is 5.85. The number of nitro groups is 1. The maximum atomic E-state index is 13.0. The first-order chi connectivity index (χ1) is 10.3. The summed E-state index contributed by atoms with van der Waals surface area (Å²) in [6, 6.07) is 2.66. The van der Waals surface area contributed by atoms with Gasteiger partial charge in [-0.3, -0.25) is 10.1 Å². The third kappa shape index (κ3) is 3.94. The van der Waals surface area contributed by atoms with Gasteiger partial charge in [-0.25, -0.2) is 4.98 Å². The number of benzene rings is 1. The zero-order valence-electron chi connectivity index (χ0n) is 11.5. The summed E-state index contributed by atoms with van der Waals surface area (Å²) in [6.45, 7) is 2.15. The van der Waals surface area contributed by atoms with E-state index in [1.165, 1.54) is 11.3 Å². The minimum atomic E-state index is -4.66. The fourth-order valence-electron chi connectivity index (χ4n) is 1.86. The number of nitrogens with zero attached hydrogens (tertiary/aromatic N) is 2. The molecule has 2 rings (SSSR count). The molecule has 0 aliphatic heterocycles. The lowest BCUT2D eigenvalue weighted by atomic mass is 10.1. The van der Waals surface area contributed by atoms with Crippen molar-refractivity contribution in [3.05, 3.63) is 50.0 Å². The van der Waals surface area contributed by atoms with Crippen molar-refractivity contribution >= 4 is 22.7 Å². The van der Waals surface area contributed by atoms with Crippen LogP contribution >= 0.6 is 11.3 Å². The molecule has 0 radical (unpaired) electrons. The average Bonchev–Trinajstić information content (AvgIpc) is 2.83. The standard InChI is InChI=1S/C13H12F3N3O2S/c1-8-7-18-12(22-8)4-5-17-11-3-2-9(19(20)21)6-10(11)13(14,15)16/h2-3,6-7,17H,4-5H2,1H3. The van der Waals surface area contributed by atoms with Crippen LogP contribution in [0, 0.1) is 17.0 Å². The third-order valence-corrected chi connectivity index (χ3v) is 3.82. The van der Waals surface area contributed by atoms with Crippen molar-refractivity contribution in [2.45, 2.75) is 19.5 Å². The molecule has 118 valence electrons. The minimum Gasteiger partial charge on any atom is -0.384 e. The van der Waals surface area contributed by atoms with Crippen molar-refractivity contribution in [3.8, 4) is 0 Å². The predicted octanol–water partition coefficient (Wildman–Crippen LogP) is 4.03. The smallest absolute Gasteiger partial charge is 0.384 e. The van der Waals surface area contributed by atoms with Crippen LogP contribution in [0.5, 0.6) is 0 Å². The highest BCUT2D eigenvalue weighted by Crippen LogP contribution is 2.37. The predicted molar refractivity (Wildman–Crippen MR) is 77.1 cm³/mol. The molecular formula is C13H12F3N3O2S. The van der Waals surface area contributed by atoms with E-state index in [9.17, 15) is 23.3 Å². The number of hydrogen-bond donors (Lipinski definition) is 1. The van der Waals surface area contributed by atoms with Crippen LogP contribution in [-0.4, -0.2) is 16.5 Å². The normalized spacial score (nSPS) is 11.5. The average molecular weight is 331 g/mol. The summed E-state index contributed by atoms with van der Waals surface area (Å²) in [6.07, 6.45) is -2.48. The van der Waals surface area contributed by atoms with Crippen molar-refractivity contribution < 1.29 is 18.1 Å². The Morgan fingerprint density at radius 1 is 1.41 bits per heavy atom. The molecule has 0 spiro atoms. The zero-order chi connectivity index (χ0) is 16.3. The van der Waals surface area contributed by atoms with Crippen LogP contribution in [0.15, 0.2) is 24.4 Å². The fourth-order valence-corrected chi connectivity index (χ4v) is 2.64. The molecule has 0 saturated heterocycles. The number of halogens is 3. The summed E-state index contributed by atoms with van der Waals surface area (Å²) in [5.74, 6) is 0. The van der Waals surface area contributed by atoms with E-state index in [0.29, 0.717) is 12.5 Å². The van der Waals surface area contributed by atoms with Gasteiger partial charge in [0.2, 0.25) is 0 Å². The van der Waals surface area contributed by atoms with Crippen LogP contribution in [0.4, 0.5) is 24.5 Å². The summed E-state index contributed by atoms with van der Waals surface area (Å²) < 4.78 is 38.9. The summed E-state index contributed by atoms with van der Waals surface area (Å²) in [5.41, 5.74) is -1.81. The van der Waals surface area contributed by atoms with E-state index in [1.807, 2.05) is 6.92 Å². The first-order valence-electron chi connectivity index (χ1n) is 6.28. The summed E-state index contributed by atoms with van der Waals surface area (Å²) in [4.78, 5) is 14.9. The first kappa shape index (κ1) is 16.2. The van der Waals surface area contributed by atoms with Gasteiger partial charge in [0.15, 0.2) is 0 Å². The van der Waals surface area contributed by atoms with Gasteiger partial charge in [0, 0.05) is 41.9 Å². The lowest BCUT2D eigenvalue weighted by molar-refractivity contribution is -0.385. The number of rotatable bonds is 5. The SMILES string of the molecule is Cc1cnc(CCNc2ccc([N+](=O)[O-])cc2C(F)(F)F)s1. The number of alkyl halides is 3. The number of thiazole rings is 1. The van der Waals surface area contributed by atoms with Gasteiger partial charge in [-0.2, -0.15) is 13.2 Å². The molecule has 0 aliphatic rings. The highest BCUT2D eigenvalue weighted by atomic mass is 32.1. The zero-order valence-corrected chi connectivity index (χ0v) is 12.3. The van der Waals surface area contributed by atoms with Gasteiger partial charge in [-0.05, 0) is 13.0 Å². The number of aryl methyl sites for hydroxylation is 1. The van der Waals surface area contributed by atoms with Crippen LogP contribution in [0.25, 0.3) is 0 Å². The molecule has 0 saturated carbocycles. The second kappa shape index (κ2) is 6.30. The quantitative estimate of drug-likeness (QED) is 0.663. The summed E-state index contributed by atoms with van der Waals surface area (Å²) >= 11 is 1.48. The van der Waals surface area contributed by atoms with Gasteiger partial charge < -0.3 is 5.32 Å². The molecule has 1 N–H and O–H groups in total. The van der Waals surface area contributed by atoms with Crippen LogP contribution in [-0.2, 0) is 12.6 Å². The van der Waals surface area contributed by atoms with Gasteiger partial charge in [0.25, 0.3) is 5.69 Å². The van der Waals surface area contributed by atoms with Crippen molar-refractivity contribution in [2.75, 3.05) is 11.9 Å². The molecule has 0 atom stereocenters. The lowest BCUT2D eigenvalue weighted by Gasteiger charge is -2.14. The van der Waals surface area contributed by atoms with Crippen molar-refractivity contribution in [2.24, 2.45) is 0 Å². The highest BCUT2D eigenvalue weighted by Gasteiger charge is 2.35. The Morgan fingerprint density at radius 3 is 2.68 bits per heavy atom. The second-order valence-electron chi connectivity index (χ2n) is 4.53.